The number of hydrogen-bond acceptors (Lipinski definition) is 7. The molecule has 0 bridgehead atoms. The van der Waals surface area contributed by atoms with E-state index in [0.717, 1.165) is 6.26 Å². The SMILES string of the molecule is COCc1nnc(NC(=O)CCCS(C)(=O)=O)s1. The van der Waals surface area contributed by atoms with Gasteiger partial charge in [0.2, 0.25) is 11.0 Å². The van der Waals surface area contributed by atoms with Crippen molar-refractivity contribution in [3.8, 4) is 0 Å². The van der Waals surface area contributed by atoms with Gasteiger partial charge in [-0.05, 0) is 6.42 Å². The second-order valence-electron chi connectivity index (χ2n) is 3.72. The summed E-state index contributed by atoms with van der Waals surface area (Å²) in [5.74, 6) is -0.260. The molecular formula is C9H15N3O4S2. The molecule has 1 amide bonds. The minimum atomic E-state index is -3.02. The standard InChI is InChI=1S/C9H15N3O4S2/c1-16-6-8-11-12-9(17-8)10-7(13)4-3-5-18(2,14)15/h3-6H2,1-2H3,(H,10,12,13). The van der Waals surface area contributed by atoms with Crippen LogP contribution in [0, 0.1) is 0 Å². The van der Waals surface area contributed by atoms with Crippen molar-refractivity contribution in [3.05, 3.63) is 5.01 Å². The average Bonchev–Trinajstić information content (AvgIpc) is 2.64. The Balaban J connectivity index is 2.35. The van der Waals surface area contributed by atoms with Crippen LogP contribution in [0.3, 0.4) is 0 Å². The van der Waals surface area contributed by atoms with Crippen LogP contribution in [-0.2, 0) is 26.0 Å². The molecule has 7 nitrogen and oxygen atoms in total. The van der Waals surface area contributed by atoms with Crippen LogP contribution >= 0.6 is 11.3 Å². The monoisotopic (exact) mass is 293 g/mol. The molecule has 0 unspecified atom stereocenters. The summed E-state index contributed by atoms with van der Waals surface area (Å²) in [6, 6.07) is 0. The lowest BCUT2D eigenvalue weighted by Crippen LogP contribution is -2.13. The number of carbonyl (C=O) groups excluding carboxylic acids is 1. The summed E-state index contributed by atoms with van der Waals surface area (Å²) < 4.78 is 26.6. The van der Waals surface area contributed by atoms with E-state index in [1.165, 1.54) is 11.3 Å². The van der Waals surface area contributed by atoms with Gasteiger partial charge in [-0.25, -0.2) is 8.42 Å². The Bertz CT molecular complexity index is 498. The Morgan fingerprint density at radius 2 is 2.17 bits per heavy atom. The Hall–Kier alpha value is -1.06. The third-order valence-electron chi connectivity index (χ3n) is 1.90. The van der Waals surface area contributed by atoms with Gasteiger partial charge in [0.1, 0.15) is 21.5 Å². The lowest BCUT2D eigenvalue weighted by Gasteiger charge is -2.00. The highest BCUT2D eigenvalue weighted by Crippen LogP contribution is 2.15. The third kappa shape index (κ3) is 6.03. The molecule has 0 aliphatic heterocycles. The summed E-state index contributed by atoms with van der Waals surface area (Å²) in [5, 5.41) is 11.2. The first-order valence-corrected chi connectivity index (χ1v) is 8.07. The number of nitrogens with one attached hydrogen (secondary N) is 1. The van der Waals surface area contributed by atoms with Gasteiger partial charge in [0.15, 0.2) is 0 Å². The predicted octanol–water partition coefficient (Wildman–Crippen LogP) is 0.448. The highest BCUT2D eigenvalue weighted by molar-refractivity contribution is 7.90. The zero-order valence-corrected chi connectivity index (χ0v) is 11.8. The Labute approximate surface area is 109 Å². The van der Waals surface area contributed by atoms with E-state index in [1.807, 2.05) is 0 Å². The maximum atomic E-state index is 11.5. The van der Waals surface area contributed by atoms with Crippen molar-refractivity contribution in [1.29, 1.82) is 0 Å². The van der Waals surface area contributed by atoms with Crippen LogP contribution < -0.4 is 5.32 Å². The maximum absolute atomic E-state index is 11.5. The molecule has 0 fully saturated rings. The Kier molecular flexibility index (Phi) is 5.63. The number of methoxy groups -OCH3 is 1. The molecule has 9 heteroatoms. The number of amides is 1. The highest BCUT2D eigenvalue weighted by atomic mass is 32.2. The number of aromatic nitrogens is 2. The fraction of sp³-hybridized carbons (Fsp3) is 0.667. The normalized spacial score (nSPS) is 11.4. The summed E-state index contributed by atoms with van der Waals surface area (Å²) in [6.45, 7) is 0.349. The maximum Gasteiger partial charge on any atom is 0.226 e. The molecule has 1 heterocycles. The minimum absolute atomic E-state index is 0.00542. The first-order valence-electron chi connectivity index (χ1n) is 5.19. The fourth-order valence-corrected chi connectivity index (χ4v) is 2.56. The van der Waals surface area contributed by atoms with Gasteiger partial charge in [-0.2, -0.15) is 0 Å². The molecule has 1 aromatic rings. The molecule has 0 spiro atoms. The van der Waals surface area contributed by atoms with Gasteiger partial charge in [-0.15, -0.1) is 10.2 Å². The van der Waals surface area contributed by atoms with Gasteiger partial charge in [0.05, 0.1) is 5.75 Å². The average molecular weight is 293 g/mol. The van der Waals surface area contributed by atoms with Crippen LogP contribution in [0.4, 0.5) is 5.13 Å². The quantitative estimate of drug-likeness (QED) is 0.783. The second-order valence-corrected chi connectivity index (χ2v) is 7.04. The summed E-state index contributed by atoms with van der Waals surface area (Å²) >= 11 is 1.23. The van der Waals surface area contributed by atoms with Crippen molar-refractivity contribution < 1.29 is 17.9 Å². The van der Waals surface area contributed by atoms with Gasteiger partial charge in [0, 0.05) is 19.8 Å². The van der Waals surface area contributed by atoms with E-state index in [-0.39, 0.29) is 18.1 Å². The number of rotatable bonds is 7. The zero-order valence-electron chi connectivity index (χ0n) is 10.2. The molecule has 0 aromatic carbocycles. The zero-order chi connectivity index (χ0) is 13.6. The largest absolute Gasteiger partial charge is 0.377 e. The molecular weight excluding hydrogens is 278 g/mol. The molecule has 0 atom stereocenters. The topological polar surface area (TPSA) is 98.2 Å². The molecule has 0 saturated heterocycles. The van der Waals surface area contributed by atoms with E-state index >= 15 is 0 Å². The molecule has 0 radical (unpaired) electrons. The summed E-state index contributed by atoms with van der Waals surface area (Å²) in [7, 11) is -1.47. The molecule has 0 saturated carbocycles. The smallest absolute Gasteiger partial charge is 0.226 e. The van der Waals surface area contributed by atoms with Crippen molar-refractivity contribution in [2.75, 3.05) is 24.4 Å². The van der Waals surface area contributed by atoms with Crippen LogP contribution in [0.5, 0.6) is 0 Å². The highest BCUT2D eigenvalue weighted by Gasteiger charge is 2.09. The Morgan fingerprint density at radius 3 is 2.78 bits per heavy atom. The van der Waals surface area contributed by atoms with Crippen molar-refractivity contribution in [2.24, 2.45) is 0 Å². The van der Waals surface area contributed by atoms with E-state index in [9.17, 15) is 13.2 Å². The molecule has 1 N–H and O–H groups in total. The number of carbonyl (C=O) groups is 1. The first kappa shape index (κ1) is 15.0. The predicted molar refractivity (Wildman–Crippen MR) is 68.2 cm³/mol. The van der Waals surface area contributed by atoms with Crippen LogP contribution in [0.2, 0.25) is 0 Å². The first-order chi connectivity index (χ1) is 8.40. The van der Waals surface area contributed by atoms with Gasteiger partial charge >= 0.3 is 0 Å². The molecule has 1 aromatic heterocycles. The van der Waals surface area contributed by atoms with Crippen LogP contribution in [0.15, 0.2) is 0 Å². The van der Waals surface area contributed by atoms with Gasteiger partial charge in [-0.3, -0.25) is 4.79 Å². The van der Waals surface area contributed by atoms with E-state index in [1.54, 1.807) is 7.11 Å². The van der Waals surface area contributed by atoms with Gasteiger partial charge < -0.3 is 10.1 Å². The third-order valence-corrected chi connectivity index (χ3v) is 3.74. The summed E-state index contributed by atoms with van der Waals surface area (Å²) in [4.78, 5) is 11.5. The summed E-state index contributed by atoms with van der Waals surface area (Å²) in [5.41, 5.74) is 0. The fourth-order valence-electron chi connectivity index (χ4n) is 1.16. The van der Waals surface area contributed by atoms with Crippen molar-refractivity contribution in [3.63, 3.8) is 0 Å². The number of sulfone groups is 1. The van der Waals surface area contributed by atoms with Gasteiger partial charge in [-0.1, -0.05) is 11.3 Å². The van der Waals surface area contributed by atoms with Gasteiger partial charge in [0.25, 0.3) is 0 Å². The van der Waals surface area contributed by atoms with E-state index in [2.05, 4.69) is 15.5 Å². The number of ether oxygens (including phenoxy) is 1. The Morgan fingerprint density at radius 1 is 1.44 bits per heavy atom. The number of nitrogens with zero attached hydrogens (tertiary/aromatic N) is 2. The lowest BCUT2D eigenvalue weighted by atomic mass is 10.3. The van der Waals surface area contributed by atoms with E-state index in [0.29, 0.717) is 23.2 Å². The molecule has 0 aliphatic carbocycles. The van der Waals surface area contributed by atoms with Crippen molar-refractivity contribution in [2.45, 2.75) is 19.4 Å². The van der Waals surface area contributed by atoms with E-state index in [4.69, 9.17) is 4.74 Å². The number of hydrogen-bond donors (Lipinski definition) is 1. The minimum Gasteiger partial charge on any atom is -0.377 e. The second kappa shape index (κ2) is 6.76. The molecule has 18 heavy (non-hydrogen) atoms. The van der Waals surface area contributed by atoms with Crippen molar-refractivity contribution in [1.82, 2.24) is 10.2 Å². The van der Waals surface area contributed by atoms with E-state index < -0.39 is 9.84 Å². The van der Waals surface area contributed by atoms with Crippen LogP contribution in [0.1, 0.15) is 17.8 Å². The lowest BCUT2D eigenvalue weighted by molar-refractivity contribution is -0.116. The number of anilines is 1. The molecule has 1 rings (SSSR count). The van der Waals surface area contributed by atoms with Crippen molar-refractivity contribution >= 4 is 32.2 Å². The molecule has 0 aliphatic rings. The molecule has 102 valence electrons. The van der Waals surface area contributed by atoms with Crippen LogP contribution in [0.25, 0.3) is 0 Å². The van der Waals surface area contributed by atoms with Crippen LogP contribution in [-0.4, -0.2) is 43.6 Å². The summed E-state index contributed by atoms with van der Waals surface area (Å²) in [6.07, 6.45) is 1.59.